The molecule has 0 atom stereocenters. The number of halogens is 3. The summed E-state index contributed by atoms with van der Waals surface area (Å²) in [7, 11) is 0. The number of anilines is 1. The zero-order chi connectivity index (χ0) is 13.8. The molecule has 0 saturated heterocycles. The molecule has 5 heteroatoms. The Labute approximate surface area is 126 Å². The van der Waals surface area contributed by atoms with Crippen LogP contribution in [-0.2, 0) is 11.2 Å². The van der Waals surface area contributed by atoms with Gasteiger partial charge in [0, 0.05) is 20.8 Å². The molecule has 0 radical (unpaired) electrons. The van der Waals surface area contributed by atoms with Crippen molar-refractivity contribution in [3.05, 3.63) is 63.1 Å². The third-order valence-corrected chi connectivity index (χ3v) is 3.07. The predicted molar refractivity (Wildman–Crippen MR) is 80.2 cm³/mol. The Morgan fingerprint density at radius 3 is 2.26 bits per heavy atom. The molecule has 0 saturated carbocycles. The largest absolute Gasteiger partial charge is 0.326 e. The minimum Gasteiger partial charge on any atom is -0.326 e. The molecular formula is C14H10Cl3NO. The van der Waals surface area contributed by atoms with Gasteiger partial charge in [0.15, 0.2) is 0 Å². The van der Waals surface area contributed by atoms with Crippen LogP contribution in [0.5, 0.6) is 0 Å². The smallest absolute Gasteiger partial charge is 0.228 e. The molecule has 1 amide bonds. The van der Waals surface area contributed by atoms with Crippen LogP contribution in [0.25, 0.3) is 0 Å². The number of hydrogen-bond acceptors (Lipinski definition) is 1. The van der Waals surface area contributed by atoms with Crippen molar-refractivity contribution < 1.29 is 4.79 Å². The minimum atomic E-state index is -0.152. The van der Waals surface area contributed by atoms with E-state index in [2.05, 4.69) is 5.32 Å². The van der Waals surface area contributed by atoms with Gasteiger partial charge in [0.25, 0.3) is 0 Å². The van der Waals surface area contributed by atoms with Gasteiger partial charge in [-0.25, -0.2) is 0 Å². The maximum absolute atomic E-state index is 11.9. The summed E-state index contributed by atoms with van der Waals surface area (Å²) in [5.74, 6) is -0.152. The molecule has 2 nitrogen and oxygen atoms in total. The van der Waals surface area contributed by atoms with E-state index in [1.165, 1.54) is 0 Å². The van der Waals surface area contributed by atoms with Crippen molar-refractivity contribution in [2.24, 2.45) is 0 Å². The molecule has 2 aromatic rings. The van der Waals surface area contributed by atoms with E-state index in [1.54, 1.807) is 36.4 Å². The van der Waals surface area contributed by atoms with Crippen molar-refractivity contribution in [3.8, 4) is 0 Å². The molecule has 0 heterocycles. The van der Waals surface area contributed by atoms with Crippen molar-refractivity contribution in [3.63, 3.8) is 0 Å². The van der Waals surface area contributed by atoms with Crippen LogP contribution in [-0.4, -0.2) is 5.91 Å². The van der Waals surface area contributed by atoms with E-state index in [4.69, 9.17) is 34.8 Å². The average molecular weight is 315 g/mol. The summed E-state index contributed by atoms with van der Waals surface area (Å²) in [6.45, 7) is 0. The Morgan fingerprint density at radius 2 is 1.63 bits per heavy atom. The Bertz CT molecular complexity index is 593. The maximum atomic E-state index is 11.9. The van der Waals surface area contributed by atoms with E-state index >= 15 is 0 Å². The van der Waals surface area contributed by atoms with E-state index in [9.17, 15) is 4.79 Å². The summed E-state index contributed by atoms with van der Waals surface area (Å²) in [6.07, 6.45) is 0.241. The molecule has 0 aliphatic rings. The molecule has 0 aliphatic heterocycles. The van der Waals surface area contributed by atoms with Crippen LogP contribution in [0.3, 0.4) is 0 Å². The molecule has 0 unspecified atom stereocenters. The lowest BCUT2D eigenvalue weighted by Crippen LogP contribution is -2.14. The van der Waals surface area contributed by atoms with Crippen molar-refractivity contribution >= 4 is 46.4 Å². The molecule has 2 rings (SSSR count). The number of amides is 1. The first-order valence-electron chi connectivity index (χ1n) is 5.53. The first-order chi connectivity index (χ1) is 9.02. The number of hydrogen-bond donors (Lipinski definition) is 1. The van der Waals surface area contributed by atoms with Gasteiger partial charge in [0.2, 0.25) is 5.91 Å². The average Bonchev–Trinajstić information content (AvgIpc) is 2.26. The highest BCUT2D eigenvalue weighted by Gasteiger charge is 2.06. The molecular weight excluding hydrogens is 305 g/mol. The van der Waals surface area contributed by atoms with Crippen LogP contribution < -0.4 is 5.32 Å². The van der Waals surface area contributed by atoms with Crippen LogP contribution in [0.2, 0.25) is 15.1 Å². The van der Waals surface area contributed by atoms with Crippen LogP contribution in [0.1, 0.15) is 5.56 Å². The Kier molecular flexibility index (Phi) is 4.70. The molecule has 19 heavy (non-hydrogen) atoms. The standard InChI is InChI=1S/C14H10Cl3NO/c15-10-3-1-2-9(4-10)5-14(19)18-13-7-11(16)6-12(17)8-13/h1-4,6-8H,5H2,(H,18,19). The molecule has 2 aromatic carbocycles. The van der Waals surface area contributed by atoms with E-state index in [0.717, 1.165) is 5.56 Å². The van der Waals surface area contributed by atoms with Gasteiger partial charge in [0.05, 0.1) is 6.42 Å². The topological polar surface area (TPSA) is 29.1 Å². The summed E-state index contributed by atoms with van der Waals surface area (Å²) in [6, 6.07) is 12.1. The fourth-order valence-corrected chi connectivity index (χ4v) is 2.40. The quantitative estimate of drug-likeness (QED) is 0.864. The van der Waals surface area contributed by atoms with Crippen molar-refractivity contribution in [1.82, 2.24) is 0 Å². The van der Waals surface area contributed by atoms with Crippen LogP contribution in [0.4, 0.5) is 5.69 Å². The maximum Gasteiger partial charge on any atom is 0.228 e. The third kappa shape index (κ3) is 4.43. The summed E-state index contributed by atoms with van der Waals surface area (Å²) in [5, 5.41) is 4.30. The van der Waals surface area contributed by atoms with Crippen molar-refractivity contribution in [1.29, 1.82) is 0 Å². The van der Waals surface area contributed by atoms with E-state index in [1.807, 2.05) is 6.07 Å². The SMILES string of the molecule is O=C(Cc1cccc(Cl)c1)Nc1cc(Cl)cc(Cl)c1. The summed E-state index contributed by atoms with van der Waals surface area (Å²) >= 11 is 17.6. The third-order valence-electron chi connectivity index (χ3n) is 2.40. The fraction of sp³-hybridized carbons (Fsp3) is 0.0714. The minimum absolute atomic E-state index is 0.152. The second kappa shape index (κ2) is 6.29. The highest BCUT2D eigenvalue weighted by Crippen LogP contribution is 2.22. The Balaban J connectivity index is 2.05. The second-order valence-corrected chi connectivity index (χ2v) is 5.32. The molecule has 0 spiro atoms. The van der Waals surface area contributed by atoms with Gasteiger partial charge in [-0.1, -0.05) is 46.9 Å². The molecule has 0 aromatic heterocycles. The summed E-state index contributed by atoms with van der Waals surface area (Å²) < 4.78 is 0. The van der Waals surface area contributed by atoms with Gasteiger partial charge in [-0.05, 0) is 35.9 Å². The molecule has 0 fully saturated rings. The number of nitrogens with one attached hydrogen (secondary N) is 1. The monoisotopic (exact) mass is 313 g/mol. The van der Waals surface area contributed by atoms with E-state index < -0.39 is 0 Å². The zero-order valence-corrected chi connectivity index (χ0v) is 12.1. The highest BCUT2D eigenvalue weighted by molar-refractivity contribution is 6.35. The predicted octanol–water partition coefficient (Wildman–Crippen LogP) is 4.83. The first kappa shape index (κ1) is 14.2. The number of carbonyl (C=O) groups excluding carboxylic acids is 1. The van der Waals surface area contributed by atoms with Gasteiger partial charge in [0.1, 0.15) is 0 Å². The van der Waals surface area contributed by atoms with Gasteiger partial charge in [-0.3, -0.25) is 4.79 Å². The summed E-state index contributed by atoms with van der Waals surface area (Å²) in [5.41, 5.74) is 1.42. The van der Waals surface area contributed by atoms with E-state index in [0.29, 0.717) is 20.8 Å². The van der Waals surface area contributed by atoms with Crippen molar-refractivity contribution in [2.45, 2.75) is 6.42 Å². The number of rotatable bonds is 3. The lowest BCUT2D eigenvalue weighted by Gasteiger charge is -2.06. The second-order valence-electron chi connectivity index (χ2n) is 4.01. The fourth-order valence-electron chi connectivity index (χ4n) is 1.66. The molecule has 0 bridgehead atoms. The van der Waals surface area contributed by atoms with Gasteiger partial charge in [-0.15, -0.1) is 0 Å². The normalized spacial score (nSPS) is 10.3. The first-order valence-corrected chi connectivity index (χ1v) is 6.67. The Hall–Kier alpha value is -1.22. The van der Waals surface area contributed by atoms with Crippen LogP contribution in [0.15, 0.2) is 42.5 Å². The summed E-state index contributed by atoms with van der Waals surface area (Å²) in [4.78, 5) is 11.9. The van der Waals surface area contributed by atoms with E-state index in [-0.39, 0.29) is 12.3 Å². The van der Waals surface area contributed by atoms with Gasteiger partial charge in [-0.2, -0.15) is 0 Å². The van der Waals surface area contributed by atoms with Gasteiger partial charge >= 0.3 is 0 Å². The number of benzene rings is 2. The van der Waals surface area contributed by atoms with Crippen LogP contribution >= 0.6 is 34.8 Å². The molecule has 0 aliphatic carbocycles. The lowest BCUT2D eigenvalue weighted by molar-refractivity contribution is -0.115. The zero-order valence-electron chi connectivity index (χ0n) is 9.79. The Morgan fingerprint density at radius 1 is 0.947 bits per heavy atom. The van der Waals surface area contributed by atoms with Crippen LogP contribution in [0, 0.1) is 0 Å². The highest BCUT2D eigenvalue weighted by atomic mass is 35.5. The van der Waals surface area contributed by atoms with Gasteiger partial charge < -0.3 is 5.32 Å². The lowest BCUT2D eigenvalue weighted by atomic mass is 10.1. The van der Waals surface area contributed by atoms with Crippen molar-refractivity contribution in [2.75, 3.05) is 5.32 Å². The molecule has 1 N–H and O–H groups in total. The molecule has 98 valence electrons. The number of carbonyl (C=O) groups is 1.